The normalized spacial score (nSPS) is 11.1. The van der Waals surface area contributed by atoms with Crippen molar-refractivity contribution in [2.24, 2.45) is 5.84 Å². The first-order valence-corrected chi connectivity index (χ1v) is 4.44. The number of halogens is 3. The second-order valence-electron chi connectivity index (χ2n) is 3.21. The third kappa shape index (κ3) is 3.87. The summed E-state index contributed by atoms with van der Waals surface area (Å²) >= 11 is 0. The molecule has 0 aliphatic carbocycles. The molecule has 1 aromatic rings. The van der Waals surface area contributed by atoms with Crippen molar-refractivity contribution in [2.75, 3.05) is 19.0 Å². The lowest BCUT2D eigenvalue weighted by Crippen LogP contribution is -2.36. The Bertz CT molecular complexity index is 408. The highest BCUT2D eigenvalue weighted by Gasteiger charge is 2.31. The number of anilines is 1. The Morgan fingerprint density at radius 2 is 2.18 bits per heavy atom. The molecule has 1 heterocycles. The maximum Gasteiger partial charge on any atom is 0.406 e. The first kappa shape index (κ1) is 13.2. The zero-order chi connectivity index (χ0) is 13.1. The predicted octanol–water partition coefficient (Wildman–Crippen LogP) is 0.397. The predicted molar refractivity (Wildman–Crippen MR) is 52.9 cm³/mol. The first-order chi connectivity index (χ1) is 7.83. The van der Waals surface area contributed by atoms with Crippen LogP contribution in [-0.2, 0) is 0 Å². The molecule has 94 valence electrons. The summed E-state index contributed by atoms with van der Waals surface area (Å²) in [6.45, 7) is -1.35. The zero-order valence-electron chi connectivity index (χ0n) is 8.82. The maximum atomic E-state index is 12.1. The Balaban J connectivity index is 2.81. The molecule has 3 N–H and O–H groups in total. The number of rotatable bonds is 3. The fraction of sp³-hybridized carbons (Fsp3) is 0.375. The molecule has 6 nitrogen and oxygen atoms in total. The van der Waals surface area contributed by atoms with Gasteiger partial charge in [-0.15, -0.1) is 0 Å². The molecule has 0 saturated heterocycles. The molecule has 0 aromatic carbocycles. The summed E-state index contributed by atoms with van der Waals surface area (Å²) in [7, 11) is 1.03. The molecule has 1 rings (SSSR count). The second kappa shape index (κ2) is 4.95. The Kier molecular flexibility index (Phi) is 3.84. The molecule has 0 saturated carbocycles. The van der Waals surface area contributed by atoms with Gasteiger partial charge in [0.1, 0.15) is 12.2 Å². The summed E-state index contributed by atoms with van der Waals surface area (Å²) in [5.41, 5.74) is 1.93. The average Bonchev–Trinajstić information content (AvgIpc) is 2.26. The number of nitrogens with zero attached hydrogens (tertiary/aromatic N) is 3. The molecule has 0 aliphatic heterocycles. The largest absolute Gasteiger partial charge is 0.406 e. The third-order valence-electron chi connectivity index (χ3n) is 1.76. The lowest BCUT2D eigenvalue weighted by Gasteiger charge is -2.18. The number of aromatic nitrogens is 2. The molecule has 0 spiro atoms. The van der Waals surface area contributed by atoms with Gasteiger partial charge in [0.05, 0.1) is 12.4 Å². The highest BCUT2D eigenvalue weighted by atomic mass is 19.4. The molecule has 1 aromatic heterocycles. The van der Waals surface area contributed by atoms with Crippen molar-refractivity contribution < 1.29 is 18.0 Å². The summed E-state index contributed by atoms with van der Waals surface area (Å²) in [6, 6.07) is 0. The molecule has 17 heavy (non-hydrogen) atoms. The van der Waals surface area contributed by atoms with Crippen LogP contribution < -0.4 is 11.3 Å². The highest BCUT2D eigenvalue weighted by molar-refractivity contribution is 5.92. The van der Waals surface area contributed by atoms with Crippen molar-refractivity contribution in [3.05, 3.63) is 18.1 Å². The SMILES string of the molecule is CN(CC(F)(F)F)C(=O)c1cncc(NN)n1. The lowest BCUT2D eigenvalue weighted by molar-refractivity contribution is -0.138. The van der Waals surface area contributed by atoms with Gasteiger partial charge in [-0.1, -0.05) is 0 Å². The minimum Gasteiger partial charge on any atom is -0.331 e. The van der Waals surface area contributed by atoms with E-state index < -0.39 is 18.6 Å². The van der Waals surface area contributed by atoms with Crippen LogP contribution in [0.2, 0.25) is 0 Å². The van der Waals surface area contributed by atoms with Gasteiger partial charge in [-0.2, -0.15) is 13.2 Å². The minimum absolute atomic E-state index is 0.0938. The van der Waals surface area contributed by atoms with E-state index in [4.69, 9.17) is 5.84 Å². The molecular formula is C8H10F3N5O. The van der Waals surface area contributed by atoms with Crippen molar-refractivity contribution in [3.8, 4) is 0 Å². The van der Waals surface area contributed by atoms with Crippen LogP contribution in [0.1, 0.15) is 10.5 Å². The number of alkyl halides is 3. The Morgan fingerprint density at radius 3 is 2.71 bits per heavy atom. The average molecular weight is 249 g/mol. The summed E-state index contributed by atoms with van der Waals surface area (Å²) in [5, 5.41) is 0. The number of nitrogens with one attached hydrogen (secondary N) is 1. The molecular weight excluding hydrogens is 239 g/mol. The number of nitrogen functional groups attached to an aromatic ring is 1. The van der Waals surface area contributed by atoms with Crippen molar-refractivity contribution in [3.63, 3.8) is 0 Å². The van der Waals surface area contributed by atoms with E-state index in [2.05, 4.69) is 15.4 Å². The van der Waals surface area contributed by atoms with Crippen LogP contribution in [0.25, 0.3) is 0 Å². The molecule has 0 fully saturated rings. The number of hydrogen-bond acceptors (Lipinski definition) is 5. The number of nitrogens with two attached hydrogens (primary N) is 1. The number of hydrogen-bond donors (Lipinski definition) is 2. The van der Waals surface area contributed by atoms with E-state index in [9.17, 15) is 18.0 Å². The molecule has 0 radical (unpaired) electrons. The van der Waals surface area contributed by atoms with E-state index in [1.54, 1.807) is 0 Å². The fourth-order valence-electron chi connectivity index (χ4n) is 1.07. The lowest BCUT2D eigenvalue weighted by atomic mass is 10.4. The van der Waals surface area contributed by atoms with E-state index in [0.29, 0.717) is 4.90 Å². The highest BCUT2D eigenvalue weighted by Crippen LogP contribution is 2.16. The molecule has 0 bridgehead atoms. The van der Waals surface area contributed by atoms with Crippen molar-refractivity contribution in [1.82, 2.24) is 14.9 Å². The minimum atomic E-state index is -4.46. The van der Waals surface area contributed by atoms with Crippen LogP contribution >= 0.6 is 0 Å². The second-order valence-corrected chi connectivity index (χ2v) is 3.21. The summed E-state index contributed by atoms with van der Waals surface area (Å²) in [5.74, 6) is 4.25. The first-order valence-electron chi connectivity index (χ1n) is 4.44. The zero-order valence-corrected chi connectivity index (χ0v) is 8.82. The van der Waals surface area contributed by atoms with E-state index in [1.165, 1.54) is 6.20 Å². The van der Waals surface area contributed by atoms with Gasteiger partial charge in [-0.3, -0.25) is 9.78 Å². The van der Waals surface area contributed by atoms with Crippen LogP contribution in [0, 0.1) is 0 Å². The summed E-state index contributed by atoms with van der Waals surface area (Å²) in [6.07, 6.45) is -2.15. The van der Waals surface area contributed by atoms with Crippen LogP contribution in [-0.4, -0.2) is 40.5 Å². The van der Waals surface area contributed by atoms with E-state index in [0.717, 1.165) is 13.2 Å². The van der Waals surface area contributed by atoms with Crippen LogP contribution in [0.4, 0.5) is 19.0 Å². The van der Waals surface area contributed by atoms with Gasteiger partial charge in [0.25, 0.3) is 5.91 Å². The summed E-state index contributed by atoms with van der Waals surface area (Å²) in [4.78, 5) is 19.4. The van der Waals surface area contributed by atoms with Gasteiger partial charge >= 0.3 is 6.18 Å². The molecule has 9 heteroatoms. The van der Waals surface area contributed by atoms with E-state index >= 15 is 0 Å². The van der Waals surface area contributed by atoms with E-state index in [1.807, 2.05) is 0 Å². The number of carbonyl (C=O) groups excluding carboxylic acids is 1. The smallest absolute Gasteiger partial charge is 0.331 e. The van der Waals surface area contributed by atoms with Gasteiger partial charge in [-0.05, 0) is 0 Å². The number of carbonyl (C=O) groups is 1. The Hall–Kier alpha value is -1.90. The molecule has 0 aliphatic rings. The topological polar surface area (TPSA) is 84.1 Å². The fourth-order valence-corrected chi connectivity index (χ4v) is 1.07. The van der Waals surface area contributed by atoms with Crippen LogP contribution in [0.15, 0.2) is 12.4 Å². The van der Waals surface area contributed by atoms with Gasteiger partial charge < -0.3 is 10.3 Å². The number of amides is 1. The van der Waals surface area contributed by atoms with Gasteiger partial charge in [-0.25, -0.2) is 10.8 Å². The van der Waals surface area contributed by atoms with Crippen LogP contribution in [0.5, 0.6) is 0 Å². The van der Waals surface area contributed by atoms with Crippen LogP contribution in [0.3, 0.4) is 0 Å². The number of hydrazine groups is 1. The monoisotopic (exact) mass is 249 g/mol. The molecule has 0 atom stereocenters. The summed E-state index contributed by atoms with van der Waals surface area (Å²) < 4.78 is 36.2. The molecule has 1 amide bonds. The quantitative estimate of drug-likeness (QED) is 0.598. The Labute approximate surface area is 94.6 Å². The van der Waals surface area contributed by atoms with Crippen molar-refractivity contribution in [2.45, 2.75) is 6.18 Å². The van der Waals surface area contributed by atoms with Gasteiger partial charge in [0.15, 0.2) is 5.82 Å². The van der Waals surface area contributed by atoms with Crippen molar-refractivity contribution >= 4 is 11.7 Å². The van der Waals surface area contributed by atoms with E-state index in [-0.39, 0.29) is 11.5 Å². The van der Waals surface area contributed by atoms with Gasteiger partial charge in [0, 0.05) is 7.05 Å². The molecule has 0 unspecified atom stereocenters. The third-order valence-corrected chi connectivity index (χ3v) is 1.76. The van der Waals surface area contributed by atoms with Gasteiger partial charge in [0.2, 0.25) is 0 Å². The Morgan fingerprint density at radius 1 is 1.53 bits per heavy atom. The maximum absolute atomic E-state index is 12.1. The van der Waals surface area contributed by atoms with Crippen molar-refractivity contribution in [1.29, 1.82) is 0 Å². The standard InChI is InChI=1S/C8H10F3N5O/c1-16(4-8(9,10)11)7(17)5-2-13-3-6(14-5)15-12/h2-3H,4,12H2,1H3,(H,14,15).